The smallest absolute Gasteiger partial charge is 0.116 e. The first-order valence-corrected chi connectivity index (χ1v) is 8.75. The highest BCUT2D eigenvalue weighted by Crippen LogP contribution is 2.35. The molecule has 0 unspecified atom stereocenters. The third-order valence-electron chi connectivity index (χ3n) is 4.07. The topological polar surface area (TPSA) is 35.5 Å². The normalized spacial score (nSPS) is 24.4. The fourth-order valence-corrected chi connectivity index (χ4v) is 3.92. The zero-order chi connectivity index (χ0) is 12.6. The fourth-order valence-electron chi connectivity index (χ4n) is 2.96. The molecule has 0 bridgehead atoms. The molecule has 0 aromatic carbocycles. The molecule has 2 fully saturated rings. The maximum Gasteiger partial charge on any atom is 0.697 e. The van der Waals surface area contributed by atoms with E-state index < -0.39 is 8.25 Å². The summed E-state index contributed by atoms with van der Waals surface area (Å²) in [5, 5.41) is 0. The molecule has 18 heavy (non-hydrogen) atoms. The number of hydrogen-bond acceptors (Lipinski definition) is 3. The summed E-state index contributed by atoms with van der Waals surface area (Å²) in [6.45, 7) is 0. The maximum atomic E-state index is 11.9. The highest BCUT2D eigenvalue weighted by Gasteiger charge is 2.32. The molecular formula is C14H26O3P+. The van der Waals surface area contributed by atoms with Gasteiger partial charge in [-0.25, -0.2) is 0 Å². The predicted octanol–water partition coefficient (Wildman–Crippen LogP) is 5.12. The third-order valence-corrected chi connectivity index (χ3v) is 5.02. The van der Waals surface area contributed by atoms with Crippen LogP contribution in [0.3, 0.4) is 0 Å². The molecule has 0 N–H and O–H groups in total. The summed E-state index contributed by atoms with van der Waals surface area (Å²) in [7, 11) is -1.90. The van der Waals surface area contributed by atoms with Gasteiger partial charge in [0.25, 0.3) is 0 Å². The Morgan fingerprint density at radius 2 is 0.944 bits per heavy atom. The van der Waals surface area contributed by atoms with Gasteiger partial charge in [-0.2, -0.15) is 0 Å². The van der Waals surface area contributed by atoms with Crippen LogP contribution >= 0.6 is 8.25 Å². The van der Waals surface area contributed by atoms with Gasteiger partial charge in [0.05, 0.1) is 0 Å². The second kappa shape index (κ2) is 8.24. The Balaban J connectivity index is 1.69. The average molecular weight is 273 g/mol. The largest absolute Gasteiger partial charge is 0.697 e. The molecule has 0 aliphatic heterocycles. The van der Waals surface area contributed by atoms with Crippen LogP contribution in [0.5, 0.6) is 0 Å². The molecule has 0 aromatic heterocycles. The van der Waals surface area contributed by atoms with E-state index in [4.69, 9.17) is 9.05 Å². The Labute approximate surface area is 112 Å². The van der Waals surface area contributed by atoms with Gasteiger partial charge in [0, 0.05) is 4.57 Å². The van der Waals surface area contributed by atoms with Gasteiger partial charge in [0.2, 0.25) is 0 Å². The molecule has 2 aliphatic carbocycles. The molecule has 2 saturated carbocycles. The molecule has 0 saturated heterocycles. The Bertz CT molecular complexity index is 217. The highest BCUT2D eigenvalue weighted by atomic mass is 31.1. The molecule has 0 aromatic rings. The molecule has 0 heterocycles. The van der Waals surface area contributed by atoms with Crippen LogP contribution in [0.2, 0.25) is 0 Å². The van der Waals surface area contributed by atoms with E-state index in [0.717, 1.165) is 25.7 Å². The maximum absolute atomic E-state index is 11.9. The quantitative estimate of drug-likeness (QED) is 0.526. The monoisotopic (exact) mass is 273 g/mol. The van der Waals surface area contributed by atoms with Crippen molar-refractivity contribution in [2.24, 2.45) is 0 Å². The van der Waals surface area contributed by atoms with Gasteiger partial charge < -0.3 is 0 Å². The van der Waals surface area contributed by atoms with Crippen molar-refractivity contribution in [3.05, 3.63) is 0 Å². The van der Waals surface area contributed by atoms with Crippen molar-refractivity contribution in [2.45, 2.75) is 89.3 Å². The van der Waals surface area contributed by atoms with Crippen molar-refractivity contribution in [2.75, 3.05) is 0 Å². The van der Waals surface area contributed by atoms with Gasteiger partial charge in [0.1, 0.15) is 12.2 Å². The lowest BCUT2D eigenvalue weighted by Crippen LogP contribution is -2.11. The Morgan fingerprint density at radius 3 is 1.28 bits per heavy atom. The molecule has 4 heteroatoms. The summed E-state index contributed by atoms with van der Waals surface area (Å²) >= 11 is 0. The minimum atomic E-state index is -1.90. The van der Waals surface area contributed by atoms with Gasteiger partial charge in [-0.1, -0.05) is 51.4 Å². The van der Waals surface area contributed by atoms with Gasteiger partial charge in [-0.3, -0.25) is 0 Å². The second-order valence-corrected chi connectivity index (χ2v) is 6.53. The van der Waals surface area contributed by atoms with Crippen molar-refractivity contribution in [1.82, 2.24) is 0 Å². The number of hydrogen-bond donors (Lipinski definition) is 0. The molecule has 2 aliphatic rings. The average Bonchev–Trinajstić information content (AvgIpc) is 2.74. The summed E-state index contributed by atoms with van der Waals surface area (Å²) in [4.78, 5) is 0. The number of rotatable bonds is 4. The summed E-state index contributed by atoms with van der Waals surface area (Å²) < 4.78 is 23.1. The molecule has 104 valence electrons. The van der Waals surface area contributed by atoms with Crippen LogP contribution < -0.4 is 0 Å². The minimum absolute atomic E-state index is 0.168. The van der Waals surface area contributed by atoms with E-state index in [1.54, 1.807) is 0 Å². The third kappa shape index (κ3) is 5.34. The first-order valence-electron chi connectivity index (χ1n) is 7.65. The lowest BCUT2D eigenvalue weighted by Gasteiger charge is -2.08. The molecule has 3 nitrogen and oxygen atoms in total. The Kier molecular flexibility index (Phi) is 6.61. The van der Waals surface area contributed by atoms with Crippen LogP contribution in [-0.2, 0) is 13.6 Å². The van der Waals surface area contributed by atoms with Gasteiger partial charge in [0.15, 0.2) is 0 Å². The minimum Gasteiger partial charge on any atom is -0.116 e. The second-order valence-electron chi connectivity index (χ2n) is 5.66. The zero-order valence-electron chi connectivity index (χ0n) is 11.3. The van der Waals surface area contributed by atoms with Crippen LogP contribution in [-0.4, -0.2) is 12.2 Å². The van der Waals surface area contributed by atoms with Gasteiger partial charge in [-0.05, 0) is 25.7 Å². The highest BCUT2D eigenvalue weighted by molar-refractivity contribution is 7.33. The molecule has 0 spiro atoms. The van der Waals surface area contributed by atoms with E-state index in [-0.39, 0.29) is 12.2 Å². The molecule has 0 radical (unpaired) electrons. The van der Waals surface area contributed by atoms with Crippen molar-refractivity contribution in [1.29, 1.82) is 0 Å². The van der Waals surface area contributed by atoms with Crippen LogP contribution in [0, 0.1) is 0 Å². The van der Waals surface area contributed by atoms with Crippen LogP contribution in [0.1, 0.15) is 77.0 Å². The Morgan fingerprint density at radius 1 is 0.611 bits per heavy atom. The lowest BCUT2D eigenvalue weighted by molar-refractivity contribution is 0.114. The van der Waals surface area contributed by atoms with E-state index in [9.17, 15) is 4.57 Å². The SMILES string of the molecule is O=[P+](OC1CCCCCC1)OC1CCCCCC1. The van der Waals surface area contributed by atoms with Crippen LogP contribution in [0.4, 0.5) is 0 Å². The molecule has 0 amide bonds. The molecule has 0 atom stereocenters. The first kappa shape index (κ1) is 14.4. The molecular weight excluding hydrogens is 247 g/mol. The first-order chi connectivity index (χ1) is 8.84. The summed E-state index contributed by atoms with van der Waals surface area (Å²) in [6.07, 6.45) is 14.5. The predicted molar refractivity (Wildman–Crippen MR) is 72.8 cm³/mol. The lowest BCUT2D eigenvalue weighted by atomic mass is 10.2. The summed E-state index contributed by atoms with van der Waals surface area (Å²) in [5.74, 6) is 0. The Hall–Kier alpha value is 0.0200. The summed E-state index contributed by atoms with van der Waals surface area (Å²) in [6, 6.07) is 0. The van der Waals surface area contributed by atoms with Gasteiger partial charge in [-0.15, -0.1) is 9.05 Å². The van der Waals surface area contributed by atoms with Crippen molar-refractivity contribution < 1.29 is 13.6 Å². The van der Waals surface area contributed by atoms with E-state index in [2.05, 4.69) is 0 Å². The standard InChI is InChI=1S/C14H26O3P/c15-18(16-13-9-5-1-2-6-10-13)17-14-11-7-3-4-8-12-14/h13-14H,1-12H2/q+1. The van der Waals surface area contributed by atoms with Crippen LogP contribution in [0.15, 0.2) is 0 Å². The van der Waals surface area contributed by atoms with E-state index in [1.807, 2.05) is 0 Å². The van der Waals surface area contributed by atoms with E-state index >= 15 is 0 Å². The van der Waals surface area contributed by atoms with E-state index in [0.29, 0.717) is 0 Å². The van der Waals surface area contributed by atoms with E-state index in [1.165, 1.54) is 51.4 Å². The van der Waals surface area contributed by atoms with Crippen molar-refractivity contribution in [3.63, 3.8) is 0 Å². The molecule has 2 rings (SSSR count). The van der Waals surface area contributed by atoms with Crippen molar-refractivity contribution in [3.8, 4) is 0 Å². The summed E-state index contributed by atoms with van der Waals surface area (Å²) in [5.41, 5.74) is 0. The van der Waals surface area contributed by atoms with Crippen LogP contribution in [0.25, 0.3) is 0 Å². The van der Waals surface area contributed by atoms with Crippen molar-refractivity contribution >= 4 is 8.25 Å². The zero-order valence-corrected chi connectivity index (χ0v) is 12.2. The fraction of sp³-hybridized carbons (Fsp3) is 1.00. The van der Waals surface area contributed by atoms with Gasteiger partial charge >= 0.3 is 8.25 Å².